The van der Waals surface area contributed by atoms with Gasteiger partial charge in [0.15, 0.2) is 0 Å². The van der Waals surface area contributed by atoms with Crippen LogP contribution in [0.5, 0.6) is 0 Å². The lowest BCUT2D eigenvalue weighted by Gasteiger charge is -2.23. The third-order valence-electron chi connectivity index (χ3n) is 4.36. The fraction of sp³-hybridized carbons (Fsp3) is 0.478. The highest BCUT2D eigenvalue weighted by Crippen LogP contribution is 2.31. The average molecular weight is 324 g/mol. The van der Waals surface area contributed by atoms with Crippen molar-refractivity contribution < 1.29 is 0 Å². The van der Waals surface area contributed by atoms with E-state index in [9.17, 15) is 0 Å². The second-order valence-corrected chi connectivity index (χ2v) is 9.29. The fourth-order valence-electron chi connectivity index (χ4n) is 3.06. The first-order valence-electron chi connectivity index (χ1n) is 8.93. The number of anilines is 2. The van der Waals surface area contributed by atoms with E-state index in [1.165, 1.54) is 27.9 Å². The van der Waals surface area contributed by atoms with Crippen molar-refractivity contribution in [2.24, 2.45) is 5.41 Å². The summed E-state index contributed by atoms with van der Waals surface area (Å²) in [6.45, 7) is 18.0. The summed E-state index contributed by atoms with van der Waals surface area (Å²) in [4.78, 5) is 0. The van der Waals surface area contributed by atoms with Gasteiger partial charge in [-0.3, -0.25) is 0 Å². The molecule has 0 fully saturated rings. The van der Waals surface area contributed by atoms with E-state index in [2.05, 4.69) is 97.1 Å². The number of benzene rings is 2. The third-order valence-corrected chi connectivity index (χ3v) is 4.36. The smallest absolute Gasteiger partial charge is 0.0443 e. The van der Waals surface area contributed by atoms with Crippen molar-refractivity contribution in [3.8, 4) is 0 Å². The van der Waals surface area contributed by atoms with E-state index in [0.717, 1.165) is 12.1 Å². The van der Waals surface area contributed by atoms with Crippen LogP contribution in [-0.4, -0.2) is 0 Å². The highest BCUT2D eigenvalue weighted by molar-refractivity contribution is 5.67. The van der Waals surface area contributed by atoms with Gasteiger partial charge < -0.3 is 5.32 Å². The summed E-state index contributed by atoms with van der Waals surface area (Å²) in [7, 11) is 0. The molecule has 1 heteroatoms. The highest BCUT2D eigenvalue weighted by Gasteiger charge is 2.16. The summed E-state index contributed by atoms with van der Waals surface area (Å²) in [5.41, 5.74) is 8.28. The van der Waals surface area contributed by atoms with E-state index in [-0.39, 0.29) is 5.41 Å². The Morgan fingerprint density at radius 2 is 1.29 bits per heavy atom. The van der Waals surface area contributed by atoms with Gasteiger partial charge in [0, 0.05) is 11.4 Å². The van der Waals surface area contributed by atoms with Gasteiger partial charge in [-0.25, -0.2) is 0 Å². The van der Waals surface area contributed by atoms with Crippen molar-refractivity contribution in [3.63, 3.8) is 0 Å². The highest BCUT2D eigenvalue weighted by atomic mass is 14.9. The van der Waals surface area contributed by atoms with Crippen LogP contribution >= 0.6 is 0 Å². The Morgan fingerprint density at radius 3 is 1.71 bits per heavy atom. The minimum atomic E-state index is 0.183. The van der Waals surface area contributed by atoms with Crippen LogP contribution in [0.15, 0.2) is 36.4 Å². The number of rotatable bonds is 3. The minimum Gasteiger partial charge on any atom is -0.355 e. The summed E-state index contributed by atoms with van der Waals surface area (Å²) >= 11 is 0. The molecule has 0 aliphatic carbocycles. The van der Waals surface area contributed by atoms with Gasteiger partial charge in [-0.15, -0.1) is 0 Å². The van der Waals surface area contributed by atoms with Crippen molar-refractivity contribution in [3.05, 3.63) is 58.7 Å². The number of nitrogens with one attached hydrogen (secondary N) is 1. The molecule has 2 rings (SSSR count). The Kier molecular flexibility index (Phi) is 5.13. The summed E-state index contributed by atoms with van der Waals surface area (Å²) < 4.78 is 0. The molecule has 0 heterocycles. The van der Waals surface area contributed by atoms with Gasteiger partial charge in [0.25, 0.3) is 0 Å². The Balaban J connectivity index is 2.22. The van der Waals surface area contributed by atoms with Crippen LogP contribution in [0.25, 0.3) is 0 Å². The third kappa shape index (κ3) is 4.87. The van der Waals surface area contributed by atoms with Gasteiger partial charge in [0.05, 0.1) is 0 Å². The van der Waals surface area contributed by atoms with Crippen LogP contribution in [0.2, 0.25) is 0 Å². The molecule has 0 aliphatic rings. The molecular weight excluding hydrogens is 290 g/mol. The van der Waals surface area contributed by atoms with Crippen molar-refractivity contribution in [2.75, 3.05) is 5.32 Å². The molecule has 0 radical (unpaired) electrons. The lowest BCUT2D eigenvalue weighted by Crippen LogP contribution is -2.12. The number of hydrogen-bond donors (Lipinski definition) is 1. The van der Waals surface area contributed by atoms with Crippen molar-refractivity contribution in [1.29, 1.82) is 0 Å². The second-order valence-electron chi connectivity index (χ2n) is 9.29. The SMILES string of the molecule is Cc1cc(C(C)(C)C)cc(C)c1Nc1ccc(CC(C)(C)C)cc1. The topological polar surface area (TPSA) is 12.0 Å². The maximum absolute atomic E-state index is 3.61. The fourth-order valence-corrected chi connectivity index (χ4v) is 3.06. The molecule has 0 saturated heterocycles. The molecule has 0 unspecified atom stereocenters. The van der Waals surface area contributed by atoms with Crippen molar-refractivity contribution in [1.82, 2.24) is 0 Å². The molecule has 0 bridgehead atoms. The van der Waals surface area contributed by atoms with Gasteiger partial charge in [-0.2, -0.15) is 0 Å². The van der Waals surface area contributed by atoms with Crippen LogP contribution in [0, 0.1) is 19.3 Å². The first-order valence-corrected chi connectivity index (χ1v) is 8.93. The quantitative estimate of drug-likeness (QED) is 0.645. The Hall–Kier alpha value is -1.76. The van der Waals surface area contributed by atoms with Crippen LogP contribution < -0.4 is 5.32 Å². The average Bonchev–Trinajstić information content (AvgIpc) is 2.41. The Morgan fingerprint density at radius 1 is 0.792 bits per heavy atom. The van der Waals surface area contributed by atoms with Crippen LogP contribution in [0.1, 0.15) is 63.8 Å². The standard InChI is InChI=1S/C23H33N/c1-16-13-19(23(6,7)8)14-17(2)21(16)24-20-11-9-18(10-12-20)15-22(3,4)5/h9-14,24H,15H2,1-8H3. The zero-order chi connectivity index (χ0) is 18.1. The lowest BCUT2D eigenvalue weighted by atomic mass is 9.84. The van der Waals surface area contributed by atoms with Gasteiger partial charge in [0.1, 0.15) is 0 Å². The minimum absolute atomic E-state index is 0.183. The molecule has 0 aromatic heterocycles. The monoisotopic (exact) mass is 323 g/mol. The second kappa shape index (κ2) is 6.63. The zero-order valence-corrected chi connectivity index (χ0v) is 16.7. The predicted molar refractivity (Wildman–Crippen MR) is 107 cm³/mol. The van der Waals surface area contributed by atoms with E-state index in [1.807, 2.05) is 0 Å². The zero-order valence-electron chi connectivity index (χ0n) is 16.7. The Labute approximate surface area is 148 Å². The molecule has 0 aliphatic heterocycles. The van der Waals surface area contributed by atoms with Gasteiger partial charge in [-0.1, -0.05) is 65.8 Å². The molecule has 0 spiro atoms. The maximum Gasteiger partial charge on any atom is 0.0443 e. The lowest BCUT2D eigenvalue weighted by molar-refractivity contribution is 0.411. The van der Waals surface area contributed by atoms with Crippen molar-refractivity contribution >= 4 is 11.4 Å². The van der Waals surface area contributed by atoms with E-state index >= 15 is 0 Å². The van der Waals surface area contributed by atoms with E-state index in [0.29, 0.717) is 5.41 Å². The molecule has 0 atom stereocenters. The molecule has 130 valence electrons. The molecule has 24 heavy (non-hydrogen) atoms. The summed E-state index contributed by atoms with van der Waals surface area (Å²) in [6.07, 6.45) is 1.10. The number of hydrogen-bond acceptors (Lipinski definition) is 1. The molecule has 1 nitrogen and oxygen atoms in total. The number of aryl methyl sites for hydroxylation is 2. The molecule has 2 aromatic rings. The normalized spacial score (nSPS) is 12.3. The summed E-state index contributed by atoms with van der Waals surface area (Å²) in [6, 6.07) is 13.5. The van der Waals surface area contributed by atoms with Crippen LogP contribution in [0.3, 0.4) is 0 Å². The molecule has 2 aromatic carbocycles. The van der Waals surface area contributed by atoms with E-state index in [4.69, 9.17) is 0 Å². The molecule has 1 N–H and O–H groups in total. The predicted octanol–water partition coefficient (Wildman–Crippen LogP) is 6.93. The maximum atomic E-state index is 3.61. The first-order chi connectivity index (χ1) is 11.0. The Bertz CT molecular complexity index is 671. The van der Waals surface area contributed by atoms with Crippen molar-refractivity contribution in [2.45, 2.75) is 67.2 Å². The summed E-state index contributed by atoms with van der Waals surface area (Å²) in [5, 5.41) is 3.61. The van der Waals surface area contributed by atoms with Gasteiger partial charge in [0.2, 0.25) is 0 Å². The van der Waals surface area contributed by atoms with Crippen LogP contribution in [0.4, 0.5) is 11.4 Å². The van der Waals surface area contributed by atoms with Crippen LogP contribution in [-0.2, 0) is 11.8 Å². The largest absolute Gasteiger partial charge is 0.355 e. The molecule has 0 saturated carbocycles. The molecule has 0 amide bonds. The van der Waals surface area contributed by atoms with Gasteiger partial charge >= 0.3 is 0 Å². The van der Waals surface area contributed by atoms with E-state index < -0.39 is 0 Å². The molecular formula is C23H33N. The van der Waals surface area contributed by atoms with E-state index in [1.54, 1.807) is 0 Å². The van der Waals surface area contributed by atoms with Gasteiger partial charge in [-0.05, 0) is 65.5 Å². The first kappa shape index (κ1) is 18.6. The summed E-state index contributed by atoms with van der Waals surface area (Å²) in [5.74, 6) is 0.